The fourth-order valence-corrected chi connectivity index (χ4v) is 4.77. The Bertz CT molecular complexity index is 1040. The molecule has 2 aromatic carbocycles. The van der Waals surface area contributed by atoms with Gasteiger partial charge in [0.1, 0.15) is 11.3 Å². The highest BCUT2D eigenvalue weighted by molar-refractivity contribution is 7.89. The highest BCUT2D eigenvalue weighted by Crippen LogP contribution is 2.32. The maximum absolute atomic E-state index is 13.4. The average Bonchev–Trinajstić information content (AvgIpc) is 2.78. The van der Waals surface area contributed by atoms with E-state index in [9.17, 15) is 18.0 Å². The number of benzene rings is 2. The number of ether oxygens (including phenoxy) is 1. The van der Waals surface area contributed by atoms with Gasteiger partial charge in [-0.3, -0.25) is 14.5 Å². The van der Waals surface area contributed by atoms with Crippen molar-refractivity contribution < 1.29 is 22.7 Å². The smallest absolute Gasteiger partial charge is 0.247 e. The number of hydrogen-bond donors (Lipinski definition) is 1. The molecule has 9 heteroatoms. The molecular weight excluding hydrogens is 418 g/mol. The monoisotopic (exact) mass is 445 g/mol. The zero-order chi connectivity index (χ0) is 22.6. The standard InChI is InChI=1S/C22H27N3O5S/c1-4-31(28,29)24-15-20(26)25(18-10-12-19(30-3)13-11-18)22(2,16-24)21(27)23-14-17-8-6-5-7-9-17/h5-13H,4,14-16H2,1-3H3,(H,23,27)/t22-/m1/s1. The van der Waals surface area contributed by atoms with Gasteiger partial charge in [0.15, 0.2) is 0 Å². The SMILES string of the molecule is CCS(=O)(=O)N1CC(=O)N(c2ccc(OC)cc2)[C@@](C)(C(=O)NCc2ccccc2)C1. The second-order valence-corrected chi connectivity index (χ2v) is 9.80. The molecule has 2 amide bonds. The Kier molecular flexibility index (Phi) is 6.66. The first-order valence-corrected chi connectivity index (χ1v) is 11.6. The van der Waals surface area contributed by atoms with E-state index in [-0.39, 0.29) is 25.4 Å². The highest BCUT2D eigenvalue weighted by Gasteiger charge is 2.50. The topological polar surface area (TPSA) is 96.0 Å². The van der Waals surface area contributed by atoms with E-state index in [0.29, 0.717) is 11.4 Å². The lowest BCUT2D eigenvalue weighted by Gasteiger charge is -2.46. The highest BCUT2D eigenvalue weighted by atomic mass is 32.2. The fraction of sp³-hybridized carbons (Fsp3) is 0.364. The Hall–Kier alpha value is -2.91. The Labute approximate surface area is 182 Å². The van der Waals surface area contributed by atoms with Crippen LogP contribution in [0.2, 0.25) is 0 Å². The molecule has 3 rings (SSSR count). The van der Waals surface area contributed by atoms with E-state index in [1.54, 1.807) is 31.2 Å². The molecule has 1 fully saturated rings. The summed E-state index contributed by atoms with van der Waals surface area (Å²) in [5.74, 6) is -0.439. The average molecular weight is 446 g/mol. The van der Waals surface area contributed by atoms with E-state index < -0.39 is 27.4 Å². The molecule has 8 nitrogen and oxygen atoms in total. The predicted molar refractivity (Wildman–Crippen MR) is 118 cm³/mol. The van der Waals surface area contributed by atoms with E-state index in [4.69, 9.17) is 4.74 Å². The minimum Gasteiger partial charge on any atom is -0.497 e. The van der Waals surface area contributed by atoms with Crippen molar-refractivity contribution in [3.8, 4) is 5.75 Å². The number of nitrogens with one attached hydrogen (secondary N) is 1. The van der Waals surface area contributed by atoms with Crippen molar-refractivity contribution in [2.75, 3.05) is 30.9 Å². The van der Waals surface area contributed by atoms with Gasteiger partial charge in [-0.2, -0.15) is 4.31 Å². The minimum atomic E-state index is -3.66. The summed E-state index contributed by atoms with van der Waals surface area (Å²) in [6, 6.07) is 16.1. The van der Waals surface area contributed by atoms with E-state index in [1.165, 1.54) is 18.9 Å². The molecule has 1 saturated heterocycles. The summed E-state index contributed by atoms with van der Waals surface area (Å²) in [7, 11) is -2.12. The van der Waals surface area contributed by atoms with Gasteiger partial charge in [-0.15, -0.1) is 0 Å². The summed E-state index contributed by atoms with van der Waals surface area (Å²) >= 11 is 0. The zero-order valence-corrected chi connectivity index (χ0v) is 18.7. The van der Waals surface area contributed by atoms with Crippen LogP contribution in [0, 0.1) is 0 Å². The van der Waals surface area contributed by atoms with Gasteiger partial charge in [-0.25, -0.2) is 8.42 Å². The summed E-state index contributed by atoms with van der Waals surface area (Å²) in [6.45, 7) is 2.92. The maximum atomic E-state index is 13.4. The maximum Gasteiger partial charge on any atom is 0.247 e. The van der Waals surface area contributed by atoms with Crippen LogP contribution in [-0.4, -0.2) is 56.0 Å². The molecule has 1 aliphatic heterocycles. The van der Waals surface area contributed by atoms with Crippen LogP contribution < -0.4 is 15.0 Å². The van der Waals surface area contributed by atoms with Crippen molar-refractivity contribution in [3.63, 3.8) is 0 Å². The van der Waals surface area contributed by atoms with Crippen molar-refractivity contribution in [2.45, 2.75) is 25.9 Å². The molecule has 2 aromatic rings. The fourth-order valence-electron chi connectivity index (χ4n) is 3.65. The zero-order valence-electron chi connectivity index (χ0n) is 17.9. The molecule has 1 heterocycles. The van der Waals surface area contributed by atoms with E-state index >= 15 is 0 Å². The van der Waals surface area contributed by atoms with Crippen LogP contribution in [0.5, 0.6) is 5.75 Å². The van der Waals surface area contributed by atoms with Crippen LogP contribution >= 0.6 is 0 Å². The van der Waals surface area contributed by atoms with Gasteiger partial charge in [-0.1, -0.05) is 30.3 Å². The Balaban J connectivity index is 1.96. The van der Waals surface area contributed by atoms with Crippen molar-refractivity contribution in [2.24, 2.45) is 0 Å². The number of carbonyl (C=O) groups excluding carboxylic acids is 2. The molecule has 1 N–H and O–H groups in total. The van der Waals surface area contributed by atoms with Gasteiger partial charge < -0.3 is 10.1 Å². The number of nitrogens with zero attached hydrogens (tertiary/aromatic N) is 2. The second kappa shape index (κ2) is 9.07. The van der Waals surface area contributed by atoms with Crippen LogP contribution in [0.1, 0.15) is 19.4 Å². The van der Waals surface area contributed by atoms with Crippen molar-refractivity contribution in [3.05, 3.63) is 60.2 Å². The van der Waals surface area contributed by atoms with Gasteiger partial charge in [-0.05, 0) is 43.7 Å². The Morgan fingerprint density at radius 1 is 1.13 bits per heavy atom. The van der Waals surface area contributed by atoms with Gasteiger partial charge in [0.2, 0.25) is 21.8 Å². The third-order valence-corrected chi connectivity index (χ3v) is 7.19. The largest absolute Gasteiger partial charge is 0.497 e. The third-order valence-electron chi connectivity index (χ3n) is 5.41. The molecule has 0 spiro atoms. The van der Waals surface area contributed by atoms with Crippen LogP contribution in [0.25, 0.3) is 0 Å². The van der Waals surface area contributed by atoms with Crippen molar-refractivity contribution in [1.82, 2.24) is 9.62 Å². The number of carbonyl (C=O) groups is 2. The second-order valence-electron chi connectivity index (χ2n) is 7.54. The Morgan fingerprint density at radius 3 is 2.35 bits per heavy atom. The lowest BCUT2D eigenvalue weighted by Crippen LogP contribution is -2.70. The van der Waals surface area contributed by atoms with Crippen LogP contribution in [0.3, 0.4) is 0 Å². The molecule has 0 bridgehead atoms. The van der Waals surface area contributed by atoms with Crippen LogP contribution in [0.4, 0.5) is 5.69 Å². The lowest BCUT2D eigenvalue weighted by molar-refractivity contribution is -0.133. The number of amides is 2. The van der Waals surface area contributed by atoms with Crippen LogP contribution in [0.15, 0.2) is 54.6 Å². The number of anilines is 1. The summed E-state index contributed by atoms with van der Waals surface area (Å²) in [6.07, 6.45) is 0. The van der Waals surface area contributed by atoms with Gasteiger partial charge in [0, 0.05) is 18.8 Å². The molecular formula is C22H27N3O5S. The number of hydrogen-bond acceptors (Lipinski definition) is 5. The summed E-state index contributed by atoms with van der Waals surface area (Å²) in [5, 5.41) is 2.86. The first-order chi connectivity index (χ1) is 14.7. The normalized spacial score (nSPS) is 19.8. The third kappa shape index (κ3) is 4.72. The number of sulfonamides is 1. The molecule has 166 valence electrons. The van der Waals surface area contributed by atoms with Gasteiger partial charge in [0.05, 0.1) is 19.4 Å². The van der Waals surface area contributed by atoms with Crippen molar-refractivity contribution in [1.29, 1.82) is 0 Å². The molecule has 0 aliphatic carbocycles. The summed E-state index contributed by atoms with van der Waals surface area (Å²) in [5.41, 5.74) is -0.0339. The lowest BCUT2D eigenvalue weighted by atomic mass is 9.94. The quantitative estimate of drug-likeness (QED) is 0.701. The molecule has 31 heavy (non-hydrogen) atoms. The number of methoxy groups -OCH3 is 1. The number of rotatable bonds is 7. The van der Waals surface area contributed by atoms with Crippen molar-refractivity contribution >= 4 is 27.5 Å². The van der Waals surface area contributed by atoms with Gasteiger partial charge in [0.25, 0.3) is 0 Å². The summed E-state index contributed by atoms with van der Waals surface area (Å²) in [4.78, 5) is 27.9. The first-order valence-electron chi connectivity index (χ1n) is 9.98. The summed E-state index contributed by atoms with van der Waals surface area (Å²) < 4.78 is 31.3. The number of piperazine rings is 1. The minimum absolute atomic E-state index is 0.137. The molecule has 1 aliphatic rings. The first kappa shape index (κ1) is 22.8. The van der Waals surface area contributed by atoms with E-state index in [2.05, 4.69) is 5.32 Å². The molecule has 0 unspecified atom stereocenters. The van der Waals surface area contributed by atoms with Gasteiger partial charge >= 0.3 is 0 Å². The van der Waals surface area contributed by atoms with Crippen LogP contribution in [-0.2, 0) is 26.2 Å². The Morgan fingerprint density at radius 2 is 1.77 bits per heavy atom. The molecule has 0 radical (unpaired) electrons. The van der Waals surface area contributed by atoms with E-state index in [1.807, 2.05) is 30.3 Å². The predicted octanol–water partition coefficient (Wildman–Crippen LogP) is 1.77. The molecule has 0 saturated carbocycles. The van der Waals surface area contributed by atoms with E-state index in [0.717, 1.165) is 9.87 Å². The molecule has 0 aromatic heterocycles. The molecule has 1 atom stereocenters.